The maximum Gasteiger partial charge on any atom is 0.132 e. The predicted molar refractivity (Wildman–Crippen MR) is 73.2 cm³/mol. The smallest absolute Gasteiger partial charge is 0.132 e. The van der Waals surface area contributed by atoms with Crippen LogP contribution < -0.4 is 10.5 Å². The SMILES string of the molecule is N=C(N)c1ccc(OCc2c(F)cccc2F)cc1Cl. The molecular weight excluding hydrogens is 286 g/mol. The van der Waals surface area contributed by atoms with Gasteiger partial charge in [0.05, 0.1) is 10.6 Å². The highest BCUT2D eigenvalue weighted by molar-refractivity contribution is 6.34. The van der Waals surface area contributed by atoms with Gasteiger partial charge in [0.15, 0.2) is 0 Å². The molecular formula is C14H11ClF2N2O. The molecule has 0 fully saturated rings. The number of ether oxygens (including phenoxy) is 1. The molecule has 2 aromatic carbocycles. The molecule has 104 valence electrons. The first-order valence-corrected chi connectivity index (χ1v) is 6.06. The van der Waals surface area contributed by atoms with E-state index in [2.05, 4.69) is 0 Å². The van der Waals surface area contributed by atoms with Crippen molar-refractivity contribution in [3.63, 3.8) is 0 Å². The molecule has 0 bridgehead atoms. The highest BCUT2D eigenvalue weighted by atomic mass is 35.5. The van der Waals surface area contributed by atoms with Gasteiger partial charge in [-0.25, -0.2) is 8.78 Å². The van der Waals surface area contributed by atoms with E-state index in [1.807, 2.05) is 0 Å². The van der Waals surface area contributed by atoms with Gasteiger partial charge in [0.1, 0.15) is 29.8 Å². The molecule has 20 heavy (non-hydrogen) atoms. The molecule has 0 spiro atoms. The van der Waals surface area contributed by atoms with Crippen molar-refractivity contribution in [2.45, 2.75) is 6.61 Å². The number of rotatable bonds is 4. The number of benzene rings is 2. The van der Waals surface area contributed by atoms with Crippen LogP contribution in [0.1, 0.15) is 11.1 Å². The van der Waals surface area contributed by atoms with Crippen LogP contribution in [0.15, 0.2) is 36.4 Å². The fourth-order valence-electron chi connectivity index (χ4n) is 1.63. The highest BCUT2D eigenvalue weighted by Crippen LogP contribution is 2.23. The van der Waals surface area contributed by atoms with Gasteiger partial charge in [-0.15, -0.1) is 0 Å². The van der Waals surface area contributed by atoms with Crippen LogP contribution in [0.25, 0.3) is 0 Å². The van der Waals surface area contributed by atoms with E-state index in [9.17, 15) is 8.78 Å². The van der Waals surface area contributed by atoms with Crippen molar-refractivity contribution in [1.29, 1.82) is 5.41 Å². The zero-order chi connectivity index (χ0) is 14.7. The van der Waals surface area contributed by atoms with Crippen LogP contribution in [0.3, 0.4) is 0 Å². The molecule has 0 aliphatic carbocycles. The Morgan fingerprint density at radius 2 is 1.85 bits per heavy atom. The lowest BCUT2D eigenvalue weighted by Crippen LogP contribution is -2.11. The van der Waals surface area contributed by atoms with Crippen molar-refractivity contribution in [1.82, 2.24) is 0 Å². The molecule has 2 rings (SSSR count). The summed E-state index contributed by atoms with van der Waals surface area (Å²) in [7, 11) is 0. The van der Waals surface area contributed by atoms with E-state index in [0.29, 0.717) is 11.3 Å². The van der Waals surface area contributed by atoms with E-state index in [-0.39, 0.29) is 23.0 Å². The minimum Gasteiger partial charge on any atom is -0.489 e. The van der Waals surface area contributed by atoms with E-state index >= 15 is 0 Å². The Hall–Kier alpha value is -2.14. The second-order valence-electron chi connectivity index (χ2n) is 4.04. The number of nitrogen functional groups attached to an aromatic ring is 1. The minimum atomic E-state index is -0.670. The Morgan fingerprint density at radius 3 is 2.40 bits per heavy atom. The number of nitrogens with two attached hydrogens (primary N) is 1. The van der Waals surface area contributed by atoms with E-state index in [1.54, 1.807) is 0 Å². The van der Waals surface area contributed by atoms with Gasteiger partial charge < -0.3 is 10.5 Å². The standard InChI is InChI=1S/C14H11ClF2N2O/c15-11-6-8(4-5-9(11)14(18)19)20-7-10-12(16)2-1-3-13(10)17/h1-6H,7H2,(H3,18,19). The zero-order valence-electron chi connectivity index (χ0n) is 10.3. The Balaban J connectivity index is 2.16. The summed E-state index contributed by atoms with van der Waals surface area (Å²) in [6.45, 7) is -0.256. The van der Waals surface area contributed by atoms with Gasteiger partial charge in [-0.05, 0) is 30.3 Å². The first-order valence-electron chi connectivity index (χ1n) is 5.68. The van der Waals surface area contributed by atoms with Crippen LogP contribution in [0.5, 0.6) is 5.75 Å². The molecule has 0 saturated carbocycles. The topological polar surface area (TPSA) is 59.1 Å². The molecule has 0 aromatic heterocycles. The summed E-state index contributed by atoms with van der Waals surface area (Å²) in [6, 6.07) is 8.09. The third-order valence-corrected chi connectivity index (χ3v) is 2.99. The van der Waals surface area contributed by atoms with Gasteiger partial charge in [0.2, 0.25) is 0 Å². The third-order valence-electron chi connectivity index (χ3n) is 2.68. The average Bonchev–Trinajstić information content (AvgIpc) is 2.37. The summed E-state index contributed by atoms with van der Waals surface area (Å²) in [5.41, 5.74) is 5.55. The zero-order valence-corrected chi connectivity index (χ0v) is 11.0. The number of hydrogen-bond acceptors (Lipinski definition) is 2. The fourth-order valence-corrected chi connectivity index (χ4v) is 1.90. The first kappa shape index (κ1) is 14.3. The van der Waals surface area contributed by atoms with Crippen molar-refractivity contribution in [3.8, 4) is 5.75 Å². The van der Waals surface area contributed by atoms with Gasteiger partial charge in [0, 0.05) is 5.56 Å². The number of halogens is 3. The Bertz CT molecular complexity index is 641. The monoisotopic (exact) mass is 296 g/mol. The fraction of sp³-hybridized carbons (Fsp3) is 0.0714. The van der Waals surface area contributed by atoms with E-state index < -0.39 is 11.6 Å². The van der Waals surface area contributed by atoms with Crippen LogP contribution >= 0.6 is 11.6 Å². The maximum absolute atomic E-state index is 13.4. The van der Waals surface area contributed by atoms with Crippen molar-refractivity contribution < 1.29 is 13.5 Å². The molecule has 0 aliphatic heterocycles. The summed E-state index contributed by atoms with van der Waals surface area (Å²) in [4.78, 5) is 0. The van der Waals surface area contributed by atoms with E-state index in [4.69, 9.17) is 27.5 Å². The molecule has 0 saturated heterocycles. The van der Waals surface area contributed by atoms with Gasteiger partial charge >= 0.3 is 0 Å². The van der Waals surface area contributed by atoms with E-state index in [1.165, 1.54) is 24.3 Å². The average molecular weight is 297 g/mol. The molecule has 6 heteroatoms. The van der Waals surface area contributed by atoms with Crippen molar-refractivity contribution in [2.24, 2.45) is 5.73 Å². The summed E-state index contributed by atoms with van der Waals surface area (Å²) in [6.07, 6.45) is 0. The second kappa shape index (κ2) is 5.88. The lowest BCUT2D eigenvalue weighted by Gasteiger charge is -2.09. The Labute approximate surface area is 119 Å². The third kappa shape index (κ3) is 3.05. The highest BCUT2D eigenvalue weighted by Gasteiger charge is 2.10. The molecule has 2 aromatic rings. The van der Waals surface area contributed by atoms with Crippen molar-refractivity contribution in [3.05, 3.63) is 64.2 Å². The quantitative estimate of drug-likeness (QED) is 0.670. The van der Waals surface area contributed by atoms with Gasteiger partial charge in [-0.2, -0.15) is 0 Å². The predicted octanol–water partition coefficient (Wildman–Crippen LogP) is 3.48. The largest absolute Gasteiger partial charge is 0.489 e. The molecule has 0 aliphatic rings. The molecule has 0 atom stereocenters. The summed E-state index contributed by atoms with van der Waals surface area (Å²) < 4.78 is 32.1. The van der Waals surface area contributed by atoms with Crippen LogP contribution in [0.4, 0.5) is 8.78 Å². The Kier molecular flexibility index (Phi) is 4.20. The van der Waals surface area contributed by atoms with Crippen LogP contribution in [-0.2, 0) is 6.61 Å². The van der Waals surface area contributed by atoms with E-state index in [0.717, 1.165) is 12.1 Å². The number of hydrogen-bond donors (Lipinski definition) is 2. The molecule has 0 unspecified atom stereocenters. The molecule has 0 radical (unpaired) electrons. The summed E-state index contributed by atoms with van der Waals surface area (Å²) in [5, 5.41) is 7.53. The number of nitrogens with one attached hydrogen (secondary N) is 1. The first-order chi connectivity index (χ1) is 9.49. The van der Waals surface area contributed by atoms with Crippen LogP contribution in [0, 0.1) is 17.0 Å². The lowest BCUT2D eigenvalue weighted by molar-refractivity contribution is 0.292. The number of amidine groups is 1. The minimum absolute atomic E-state index is 0.153. The lowest BCUT2D eigenvalue weighted by atomic mass is 10.2. The van der Waals surface area contributed by atoms with Crippen LogP contribution in [-0.4, -0.2) is 5.84 Å². The van der Waals surface area contributed by atoms with Crippen LogP contribution in [0.2, 0.25) is 5.02 Å². The van der Waals surface area contributed by atoms with Gasteiger partial charge in [-0.1, -0.05) is 17.7 Å². The van der Waals surface area contributed by atoms with Crippen molar-refractivity contribution in [2.75, 3.05) is 0 Å². The second-order valence-corrected chi connectivity index (χ2v) is 4.45. The normalized spacial score (nSPS) is 10.3. The summed E-state index contributed by atoms with van der Waals surface area (Å²) in [5.74, 6) is -1.17. The van der Waals surface area contributed by atoms with Gasteiger partial charge in [0.25, 0.3) is 0 Å². The Morgan fingerprint density at radius 1 is 1.20 bits per heavy atom. The molecule has 3 N–H and O–H groups in total. The van der Waals surface area contributed by atoms with Gasteiger partial charge in [-0.3, -0.25) is 5.41 Å². The summed E-state index contributed by atoms with van der Waals surface area (Å²) >= 11 is 5.92. The molecule has 0 heterocycles. The molecule has 3 nitrogen and oxygen atoms in total. The molecule has 0 amide bonds. The van der Waals surface area contributed by atoms with Crippen molar-refractivity contribution >= 4 is 17.4 Å². The maximum atomic E-state index is 13.4.